The van der Waals surface area contributed by atoms with Crippen LogP contribution in [0.4, 0.5) is 5.00 Å². The van der Waals surface area contributed by atoms with E-state index in [0.29, 0.717) is 6.04 Å². The monoisotopic (exact) mass is 407 g/mol. The fraction of sp³-hybridized carbons (Fsp3) is 0.762. The van der Waals surface area contributed by atoms with Gasteiger partial charge in [0.2, 0.25) is 0 Å². The molecule has 1 aromatic rings. The normalized spacial score (nSPS) is 25.8. The average Bonchev–Trinajstić information content (AvgIpc) is 3.19. The molecule has 2 fully saturated rings. The van der Waals surface area contributed by atoms with E-state index in [0.717, 1.165) is 51.5 Å². The van der Waals surface area contributed by atoms with Gasteiger partial charge in [0.15, 0.2) is 5.96 Å². The van der Waals surface area contributed by atoms with Crippen molar-refractivity contribution in [3.63, 3.8) is 0 Å². The molecule has 6 nitrogen and oxygen atoms in total. The van der Waals surface area contributed by atoms with Crippen LogP contribution in [0.1, 0.15) is 40.5 Å². The highest BCUT2D eigenvalue weighted by Gasteiger charge is 2.33. The Labute approximate surface area is 174 Å². The molecule has 0 spiro atoms. The largest absolute Gasteiger partial charge is 0.373 e. The van der Waals surface area contributed by atoms with Gasteiger partial charge in [-0.15, -0.1) is 11.3 Å². The summed E-state index contributed by atoms with van der Waals surface area (Å²) in [4.78, 5) is 9.49. The molecular weight excluding hydrogens is 370 g/mol. The Kier molecular flexibility index (Phi) is 7.23. The van der Waals surface area contributed by atoms with Gasteiger partial charge < -0.3 is 20.3 Å². The number of hydrogen-bond acceptors (Lipinski definition) is 5. The molecule has 7 heteroatoms. The van der Waals surface area contributed by atoms with Crippen molar-refractivity contribution in [3.05, 3.63) is 17.5 Å². The van der Waals surface area contributed by atoms with Crippen LogP contribution in [0.2, 0.25) is 0 Å². The van der Waals surface area contributed by atoms with E-state index >= 15 is 0 Å². The summed E-state index contributed by atoms with van der Waals surface area (Å²) in [7, 11) is 1.86. The van der Waals surface area contributed by atoms with Crippen molar-refractivity contribution in [1.29, 1.82) is 0 Å². The smallest absolute Gasteiger partial charge is 0.191 e. The minimum Gasteiger partial charge on any atom is -0.373 e. The number of ether oxygens (including phenoxy) is 1. The quantitative estimate of drug-likeness (QED) is 0.581. The van der Waals surface area contributed by atoms with Crippen molar-refractivity contribution >= 4 is 22.3 Å². The Morgan fingerprint density at radius 3 is 2.50 bits per heavy atom. The molecule has 2 saturated heterocycles. The standard InChI is InChI=1S/C21H37N5OS/c1-16-13-26(14-17(2)27-16)21(3,4)15-23-20(22-5)24-18-8-10-25(11-9-18)19-7-6-12-28-19/h6-7,12,16-18H,8-11,13-15H2,1-5H3,(H2,22,23,24). The topological polar surface area (TPSA) is 52.1 Å². The van der Waals surface area contributed by atoms with Gasteiger partial charge >= 0.3 is 0 Å². The maximum Gasteiger partial charge on any atom is 0.191 e. The third-order valence-electron chi connectivity index (χ3n) is 5.84. The number of anilines is 1. The number of morpholine rings is 1. The van der Waals surface area contributed by atoms with Crippen LogP contribution in [0.25, 0.3) is 0 Å². The SMILES string of the molecule is CN=C(NCC(C)(C)N1CC(C)OC(C)C1)NC1CCN(c2cccs2)CC1. The number of thiophene rings is 1. The van der Waals surface area contributed by atoms with E-state index in [2.05, 4.69) is 70.6 Å². The van der Waals surface area contributed by atoms with Crippen molar-refractivity contribution in [2.45, 2.75) is 64.3 Å². The first-order valence-corrected chi connectivity index (χ1v) is 11.4. The van der Waals surface area contributed by atoms with E-state index in [1.165, 1.54) is 5.00 Å². The van der Waals surface area contributed by atoms with Crippen LogP contribution < -0.4 is 15.5 Å². The van der Waals surface area contributed by atoms with Crippen LogP contribution in [-0.2, 0) is 4.74 Å². The van der Waals surface area contributed by atoms with Crippen LogP contribution in [0.5, 0.6) is 0 Å². The minimum atomic E-state index is 0.0481. The van der Waals surface area contributed by atoms with Crippen molar-refractivity contribution in [2.75, 3.05) is 44.7 Å². The van der Waals surface area contributed by atoms with Crippen LogP contribution in [-0.4, -0.2) is 74.4 Å². The van der Waals surface area contributed by atoms with E-state index in [4.69, 9.17) is 4.74 Å². The molecule has 2 aliphatic rings. The fourth-order valence-electron chi connectivity index (χ4n) is 4.17. The lowest BCUT2D eigenvalue weighted by atomic mass is 10.00. The highest BCUT2D eigenvalue weighted by atomic mass is 32.1. The lowest BCUT2D eigenvalue weighted by Crippen LogP contribution is -2.60. The predicted molar refractivity (Wildman–Crippen MR) is 120 cm³/mol. The van der Waals surface area contributed by atoms with E-state index < -0.39 is 0 Å². The molecule has 2 unspecified atom stereocenters. The molecule has 0 aromatic carbocycles. The summed E-state index contributed by atoms with van der Waals surface area (Å²) in [6, 6.07) is 4.83. The predicted octanol–water partition coefficient (Wildman–Crippen LogP) is 2.77. The minimum absolute atomic E-state index is 0.0481. The Morgan fingerprint density at radius 1 is 1.25 bits per heavy atom. The highest BCUT2D eigenvalue weighted by molar-refractivity contribution is 7.14. The third kappa shape index (κ3) is 5.61. The molecule has 158 valence electrons. The first-order valence-electron chi connectivity index (χ1n) is 10.5. The van der Waals surface area contributed by atoms with Gasteiger partial charge in [-0.2, -0.15) is 0 Å². The van der Waals surface area contributed by atoms with Crippen LogP contribution in [0.3, 0.4) is 0 Å². The summed E-state index contributed by atoms with van der Waals surface area (Å²) in [6.45, 7) is 14.0. The van der Waals surface area contributed by atoms with E-state index in [1.54, 1.807) is 0 Å². The summed E-state index contributed by atoms with van der Waals surface area (Å²) < 4.78 is 5.89. The highest BCUT2D eigenvalue weighted by Crippen LogP contribution is 2.25. The zero-order valence-corrected chi connectivity index (χ0v) is 18.9. The maximum atomic E-state index is 5.89. The van der Waals surface area contributed by atoms with Crippen molar-refractivity contribution in [2.24, 2.45) is 4.99 Å². The number of hydrogen-bond donors (Lipinski definition) is 2. The van der Waals surface area contributed by atoms with Crippen molar-refractivity contribution < 1.29 is 4.74 Å². The fourth-order valence-corrected chi connectivity index (χ4v) is 4.95. The number of piperidine rings is 1. The molecule has 0 saturated carbocycles. The van der Waals surface area contributed by atoms with Gasteiger partial charge in [-0.1, -0.05) is 0 Å². The van der Waals surface area contributed by atoms with Gasteiger partial charge in [-0.3, -0.25) is 9.89 Å². The summed E-state index contributed by atoms with van der Waals surface area (Å²) in [6.07, 6.45) is 2.85. The lowest BCUT2D eigenvalue weighted by Gasteiger charge is -2.45. The molecule has 28 heavy (non-hydrogen) atoms. The lowest BCUT2D eigenvalue weighted by molar-refractivity contribution is -0.0946. The average molecular weight is 408 g/mol. The molecule has 3 heterocycles. The van der Waals surface area contributed by atoms with E-state index in [-0.39, 0.29) is 17.7 Å². The summed E-state index contributed by atoms with van der Waals surface area (Å²) >= 11 is 1.83. The molecule has 0 aliphatic carbocycles. The molecule has 0 bridgehead atoms. The second-order valence-electron chi connectivity index (χ2n) is 8.76. The molecular formula is C21H37N5OS. The Bertz CT molecular complexity index is 615. The maximum absolute atomic E-state index is 5.89. The third-order valence-corrected chi connectivity index (χ3v) is 6.77. The first-order chi connectivity index (χ1) is 13.4. The Hall–Kier alpha value is -1.31. The second-order valence-corrected chi connectivity index (χ2v) is 9.68. The van der Waals surface area contributed by atoms with Gasteiger partial charge in [0.05, 0.1) is 17.2 Å². The Morgan fingerprint density at radius 2 is 1.93 bits per heavy atom. The number of aliphatic imine (C=N–C) groups is 1. The molecule has 1 aromatic heterocycles. The molecule has 0 radical (unpaired) electrons. The zero-order valence-electron chi connectivity index (χ0n) is 18.1. The first kappa shape index (κ1) is 21.4. The summed E-state index contributed by atoms with van der Waals surface area (Å²) in [5.41, 5.74) is 0.0481. The second kappa shape index (κ2) is 9.46. The molecule has 2 aliphatic heterocycles. The molecule has 2 atom stereocenters. The summed E-state index contributed by atoms with van der Waals surface area (Å²) in [5.74, 6) is 0.914. The number of rotatable bonds is 5. The molecule has 2 N–H and O–H groups in total. The molecule has 0 amide bonds. The number of guanidine groups is 1. The van der Waals surface area contributed by atoms with Crippen molar-refractivity contribution in [1.82, 2.24) is 15.5 Å². The Balaban J connectivity index is 1.45. The summed E-state index contributed by atoms with van der Waals surface area (Å²) in [5, 5.41) is 10.7. The van der Waals surface area contributed by atoms with Crippen molar-refractivity contribution in [3.8, 4) is 0 Å². The van der Waals surface area contributed by atoms with Crippen LogP contribution >= 0.6 is 11.3 Å². The van der Waals surface area contributed by atoms with E-state index in [9.17, 15) is 0 Å². The van der Waals surface area contributed by atoms with E-state index in [1.807, 2.05) is 18.4 Å². The van der Waals surface area contributed by atoms with Gasteiger partial charge in [0.1, 0.15) is 0 Å². The number of nitrogens with zero attached hydrogens (tertiary/aromatic N) is 3. The van der Waals surface area contributed by atoms with Crippen LogP contribution in [0, 0.1) is 0 Å². The zero-order chi connectivity index (χ0) is 20.1. The van der Waals surface area contributed by atoms with Gasteiger partial charge in [0, 0.05) is 51.4 Å². The number of nitrogens with one attached hydrogen (secondary N) is 2. The molecule has 3 rings (SSSR count). The van der Waals surface area contributed by atoms with Gasteiger partial charge in [0.25, 0.3) is 0 Å². The van der Waals surface area contributed by atoms with Gasteiger partial charge in [-0.25, -0.2) is 0 Å². The van der Waals surface area contributed by atoms with Gasteiger partial charge in [-0.05, 0) is 58.0 Å². The van der Waals surface area contributed by atoms with Crippen LogP contribution in [0.15, 0.2) is 22.5 Å².